The zero-order valence-corrected chi connectivity index (χ0v) is 16.6. The largest absolute Gasteiger partial charge is 0.469 e. The first-order chi connectivity index (χ1) is 12.6. The number of rotatable bonds is 14. The van der Waals surface area contributed by atoms with Crippen LogP contribution in [-0.2, 0) is 19.1 Å². The molecule has 1 aliphatic rings. The number of unbranched alkanes of at least 4 members (excludes halogenated alkanes) is 4. The van der Waals surface area contributed by atoms with Crippen LogP contribution in [-0.4, -0.2) is 24.6 Å². The van der Waals surface area contributed by atoms with Gasteiger partial charge in [0.2, 0.25) is 0 Å². The van der Waals surface area contributed by atoms with E-state index in [4.69, 9.17) is 0 Å². The maximum atomic E-state index is 12.1. The molecule has 0 radical (unpaired) electrons. The maximum Gasteiger partial charge on any atom is 0.305 e. The highest BCUT2D eigenvalue weighted by Gasteiger charge is 2.33. The molecule has 2 unspecified atom stereocenters. The molecule has 0 aromatic rings. The fraction of sp³-hybridized carbons (Fsp3) is 0.773. The Kier molecular flexibility index (Phi) is 11.9. The molecule has 0 heterocycles. The molecule has 0 spiro atoms. The molecular weight excluding hydrogens is 328 g/mol. The van der Waals surface area contributed by atoms with Gasteiger partial charge in [-0.3, -0.25) is 14.4 Å². The molecule has 0 N–H and O–H groups in total. The van der Waals surface area contributed by atoms with Crippen LogP contribution in [0.5, 0.6) is 0 Å². The first kappa shape index (κ1) is 22.6. The third-order valence-corrected chi connectivity index (χ3v) is 5.38. The molecule has 2 atom stereocenters. The Bertz CT molecular complexity index is 467. The van der Waals surface area contributed by atoms with Gasteiger partial charge in [-0.15, -0.1) is 0 Å². The summed E-state index contributed by atoms with van der Waals surface area (Å²) < 4.78 is 4.62. The van der Waals surface area contributed by atoms with Crippen LogP contribution in [0.15, 0.2) is 12.2 Å². The van der Waals surface area contributed by atoms with Crippen molar-refractivity contribution in [3.05, 3.63) is 12.2 Å². The molecule has 4 nitrogen and oxygen atoms in total. The summed E-state index contributed by atoms with van der Waals surface area (Å²) >= 11 is 0. The third-order valence-electron chi connectivity index (χ3n) is 5.38. The van der Waals surface area contributed by atoms with Crippen LogP contribution in [0.2, 0.25) is 0 Å². The van der Waals surface area contributed by atoms with Gasteiger partial charge in [0.05, 0.1) is 7.11 Å². The molecule has 4 heteroatoms. The number of hydrogen-bond acceptors (Lipinski definition) is 4. The van der Waals surface area contributed by atoms with Gasteiger partial charge in [-0.1, -0.05) is 31.9 Å². The van der Waals surface area contributed by atoms with Gasteiger partial charge in [-0.05, 0) is 50.9 Å². The number of carbonyl (C=O) groups excluding carboxylic acids is 3. The molecule has 1 saturated carbocycles. The van der Waals surface area contributed by atoms with Crippen LogP contribution < -0.4 is 0 Å². The maximum absolute atomic E-state index is 12.1. The molecule has 26 heavy (non-hydrogen) atoms. The standard InChI is InChI=1S/C22H36O4/c1-3-4-8-11-19(23)16-14-18-15-17-21(24)20(18)12-9-6-5-7-10-13-22(25)26-2/h6,9,18,20H,3-5,7-8,10-17H2,1-2H3/b9-6-. The monoisotopic (exact) mass is 364 g/mol. The van der Waals surface area contributed by atoms with Gasteiger partial charge in [0.15, 0.2) is 0 Å². The summed E-state index contributed by atoms with van der Waals surface area (Å²) in [5.74, 6) is 1.05. The summed E-state index contributed by atoms with van der Waals surface area (Å²) in [7, 11) is 1.41. The number of methoxy groups -OCH3 is 1. The van der Waals surface area contributed by atoms with Gasteiger partial charge >= 0.3 is 5.97 Å². The minimum Gasteiger partial charge on any atom is -0.469 e. The van der Waals surface area contributed by atoms with E-state index in [1.54, 1.807) is 0 Å². The molecule has 1 aliphatic carbocycles. The van der Waals surface area contributed by atoms with Crippen molar-refractivity contribution in [1.82, 2.24) is 0 Å². The minimum atomic E-state index is -0.155. The number of hydrogen-bond donors (Lipinski definition) is 0. The van der Waals surface area contributed by atoms with E-state index in [0.717, 1.165) is 57.8 Å². The van der Waals surface area contributed by atoms with E-state index in [1.807, 2.05) is 0 Å². The smallest absolute Gasteiger partial charge is 0.305 e. The highest BCUT2D eigenvalue weighted by atomic mass is 16.5. The van der Waals surface area contributed by atoms with Crippen LogP contribution in [0.25, 0.3) is 0 Å². The predicted molar refractivity (Wildman–Crippen MR) is 104 cm³/mol. The highest BCUT2D eigenvalue weighted by molar-refractivity contribution is 5.84. The molecular formula is C22H36O4. The first-order valence-electron chi connectivity index (χ1n) is 10.3. The average Bonchev–Trinajstić information content (AvgIpc) is 2.99. The molecule has 0 saturated heterocycles. The average molecular weight is 365 g/mol. The Hall–Kier alpha value is -1.45. The molecule has 148 valence electrons. The fourth-order valence-corrected chi connectivity index (χ4v) is 3.68. The number of carbonyl (C=O) groups is 3. The van der Waals surface area contributed by atoms with Crippen molar-refractivity contribution in [2.75, 3.05) is 7.11 Å². The zero-order chi connectivity index (χ0) is 19.2. The zero-order valence-electron chi connectivity index (χ0n) is 16.6. The van der Waals surface area contributed by atoms with E-state index in [1.165, 1.54) is 7.11 Å². The van der Waals surface area contributed by atoms with Crippen LogP contribution in [0.4, 0.5) is 0 Å². The Labute approximate surface area is 158 Å². The van der Waals surface area contributed by atoms with Gasteiger partial charge in [-0.2, -0.15) is 0 Å². The minimum absolute atomic E-state index is 0.102. The van der Waals surface area contributed by atoms with Gasteiger partial charge < -0.3 is 4.74 Å². The normalized spacial score (nSPS) is 20.0. The van der Waals surface area contributed by atoms with Gasteiger partial charge in [0, 0.05) is 31.6 Å². The quantitative estimate of drug-likeness (QED) is 0.242. The molecule has 0 bridgehead atoms. The molecule has 0 aliphatic heterocycles. The molecule has 0 aromatic carbocycles. The van der Waals surface area contributed by atoms with Crippen LogP contribution in [0.3, 0.4) is 0 Å². The molecule has 0 amide bonds. The van der Waals surface area contributed by atoms with Gasteiger partial charge in [0.25, 0.3) is 0 Å². The third kappa shape index (κ3) is 9.30. The summed E-state index contributed by atoms with van der Waals surface area (Å²) in [4.78, 5) is 35.1. The van der Waals surface area contributed by atoms with Crippen molar-refractivity contribution in [1.29, 1.82) is 0 Å². The summed E-state index contributed by atoms with van der Waals surface area (Å²) in [6.07, 6.45) is 15.3. The number of Topliss-reactive ketones (excluding diaryl/α,β-unsaturated/α-hetero) is 2. The first-order valence-corrected chi connectivity index (χ1v) is 10.3. The number of esters is 1. The Morgan fingerprint density at radius 2 is 1.85 bits per heavy atom. The van der Waals surface area contributed by atoms with E-state index < -0.39 is 0 Å². The summed E-state index contributed by atoms with van der Waals surface area (Å²) in [6, 6.07) is 0. The van der Waals surface area contributed by atoms with Crippen molar-refractivity contribution >= 4 is 17.5 Å². The number of ketones is 2. The second kappa shape index (κ2) is 13.7. The summed E-state index contributed by atoms with van der Waals surface area (Å²) in [5, 5.41) is 0. The van der Waals surface area contributed by atoms with E-state index in [2.05, 4.69) is 23.8 Å². The number of allylic oxidation sites excluding steroid dienone is 2. The number of ether oxygens (including phenoxy) is 1. The van der Waals surface area contributed by atoms with E-state index in [9.17, 15) is 14.4 Å². The van der Waals surface area contributed by atoms with Crippen LogP contribution in [0.1, 0.15) is 90.4 Å². The summed E-state index contributed by atoms with van der Waals surface area (Å²) in [5.41, 5.74) is 0. The van der Waals surface area contributed by atoms with Gasteiger partial charge in [-0.25, -0.2) is 0 Å². The Morgan fingerprint density at radius 1 is 1.08 bits per heavy atom. The van der Waals surface area contributed by atoms with Crippen molar-refractivity contribution < 1.29 is 19.1 Å². The van der Waals surface area contributed by atoms with Crippen LogP contribution in [0, 0.1) is 11.8 Å². The van der Waals surface area contributed by atoms with Crippen molar-refractivity contribution in [2.45, 2.75) is 90.4 Å². The van der Waals surface area contributed by atoms with Crippen molar-refractivity contribution in [3.63, 3.8) is 0 Å². The Balaban J connectivity index is 2.23. The Morgan fingerprint density at radius 3 is 2.58 bits per heavy atom. The van der Waals surface area contributed by atoms with E-state index in [0.29, 0.717) is 43.2 Å². The van der Waals surface area contributed by atoms with Crippen LogP contribution >= 0.6 is 0 Å². The fourth-order valence-electron chi connectivity index (χ4n) is 3.68. The lowest BCUT2D eigenvalue weighted by atomic mass is 9.87. The molecule has 1 rings (SSSR count). The van der Waals surface area contributed by atoms with Crippen molar-refractivity contribution in [2.24, 2.45) is 11.8 Å². The van der Waals surface area contributed by atoms with Crippen molar-refractivity contribution in [3.8, 4) is 0 Å². The lowest BCUT2D eigenvalue weighted by molar-refractivity contribution is -0.140. The second-order valence-corrected chi connectivity index (χ2v) is 7.44. The topological polar surface area (TPSA) is 60.4 Å². The van der Waals surface area contributed by atoms with E-state index in [-0.39, 0.29) is 11.9 Å². The lowest BCUT2D eigenvalue weighted by Gasteiger charge is -2.16. The molecule has 1 fully saturated rings. The van der Waals surface area contributed by atoms with E-state index >= 15 is 0 Å². The SMILES string of the molecule is CCCCCC(=O)CCC1CCC(=O)C1C/C=C\CCCCC(=O)OC. The predicted octanol–water partition coefficient (Wildman–Crippen LogP) is 5.19. The van der Waals surface area contributed by atoms with Gasteiger partial charge in [0.1, 0.15) is 11.6 Å². The second-order valence-electron chi connectivity index (χ2n) is 7.44. The summed E-state index contributed by atoms with van der Waals surface area (Å²) in [6.45, 7) is 2.14. The highest BCUT2D eigenvalue weighted by Crippen LogP contribution is 2.35. The lowest BCUT2D eigenvalue weighted by Crippen LogP contribution is -2.15. The molecule has 0 aromatic heterocycles.